The van der Waals surface area contributed by atoms with Crippen LogP contribution in [0.15, 0.2) is 29.8 Å². The fraction of sp³-hybridized carbons (Fsp3) is 0.294. The van der Waals surface area contributed by atoms with E-state index in [2.05, 4.69) is 10.3 Å². The minimum Gasteiger partial charge on any atom is -0.298 e. The summed E-state index contributed by atoms with van der Waals surface area (Å²) in [5, 5.41) is 4.94. The van der Waals surface area contributed by atoms with E-state index in [1.807, 2.05) is 0 Å². The van der Waals surface area contributed by atoms with Crippen molar-refractivity contribution in [2.45, 2.75) is 31.7 Å². The van der Waals surface area contributed by atoms with Crippen molar-refractivity contribution < 1.29 is 14.4 Å². The van der Waals surface area contributed by atoms with Gasteiger partial charge in [-0.2, -0.15) is 0 Å². The number of hydrogen-bond donors (Lipinski definition) is 1. The van der Waals surface area contributed by atoms with Crippen LogP contribution >= 0.6 is 11.3 Å². The molecule has 24 heavy (non-hydrogen) atoms. The van der Waals surface area contributed by atoms with Gasteiger partial charge in [-0.3, -0.25) is 24.6 Å². The van der Waals surface area contributed by atoms with Gasteiger partial charge in [0.2, 0.25) is 0 Å². The number of nitrogens with one attached hydrogen (secondary N) is 1. The molecule has 1 aliphatic carbocycles. The summed E-state index contributed by atoms with van der Waals surface area (Å²) in [6.07, 6.45) is 5.41. The van der Waals surface area contributed by atoms with E-state index in [1.54, 1.807) is 23.7 Å². The molecule has 1 saturated carbocycles. The van der Waals surface area contributed by atoms with Crippen LogP contribution in [0.3, 0.4) is 0 Å². The second-order valence-corrected chi connectivity index (χ2v) is 6.86. The van der Waals surface area contributed by atoms with Gasteiger partial charge in [-0.1, -0.05) is 12.8 Å². The first-order valence-electron chi connectivity index (χ1n) is 7.88. The first-order chi connectivity index (χ1) is 11.6. The zero-order chi connectivity index (χ0) is 16.7. The summed E-state index contributed by atoms with van der Waals surface area (Å²) in [5.74, 6) is -0.869. The number of carbonyl (C=O) groups excluding carboxylic acids is 3. The third kappa shape index (κ3) is 2.41. The fourth-order valence-corrected chi connectivity index (χ4v) is 3.87. The van der Waals surface area contributed by atoms with Crippen LogP contribution in [0.25, 0.3) is 0 Å². The van der Waals surface area contributed by atoms with Crippen molar-refractivity contribution in [3.8, 4) is 0 Å². The molecule has 2 heterocycles. The Morgan fingerprint density at radius 2 is 1.92 bits per heavy atom. The van der Waals surface area contributed by atoms with Crippen LogP contribution in [-0.2, 0) is 0 Å². The Labute approximate surface area is 142 Å². The van der Waals surface area contributed by atoms with Gasteiger partial charge in [0.05, 0.1) is 11.1 Å². The highest BCUT2D eigenvalue weighted by atomic mass is 32.1. The topological polar surface area (TPSA) is 79.4 Å². The second-order valence-electron chi connectivity index (χ2n) is 5.97. The van der Waals surface area contributed by atoms with Crippen LogP contribution < -0.4 is 5.32 Å². The molecule has 6 nitrogen and oxygen atoms in total. The molecule has 1 aromatic carbocycles. The molecule has 1 fully saturated rings. The zero-order valence-electron chi connectivity index (χ0n) is 12.8. The molecule has 1 aliphatic heterocycles. The summed E-state index contributed by atoms with van der Waals surface area (Å²) in [6.45, 7) is 0. The summed E-state index contributed by atoms with van der Waals surface area (Å²) in [4.78, 5) is 42.8. The molecule has 1 aromatic heterocycles. The lowest BCUT2D eigenvalue weighted by molar-refractivity contribution is 0.0587. The summed E-state index contributed by atoms with van der Waals surface area (Å²) < 4.78 is 0. The number of thiazole rings is 1. The number of hydrogen-bond acceptors (Lipinski definition) is 5. The normalized spacial score (nSPS) is 17.4. The summed E-state index contributed by atoms with van der Waals surface area (Å²) in [6, 6.07) is 4.64. The van der Waals surface area contributed by atoms with E-state index in [0.717, 1.165) is 25.7 Å². The summed E-state index contributed by atoms with van der Waals surface area (Å²) >= 11 is 1.32. The van der Waals surface area contributed by atoms with Crippen molar-refractivity contribution in [1.82, 2.24) is 9.88 Å². The third-order valence-corrected chi connectivity index (χ3v) is 5.21. The molecule has 2 aliphatic rings. The molecule has 1 N–H and O–H groups in total. The maximum atomic E-state index is 12.6. The van der Waals surface area contributed by atoms with E-state index in [1.165, 1.54) is 22.3 Å². The van der Waals surface area contributed by atoms with Crippen molar-refractivity contribution in [3.05, 3.63) is 46.5 Å². The largest absolute Gasteiger partial charge is 0.298 e. The molecular weight excluding hydrogens is 326 g/mol. The number of benzene rings is 1. The molecule has 0 bridgehead atoms. The molecule has 0 radical (unpaired) electrons. The predicted molar refractivity (Wildman–Crippen MR) is 89.3 cm³/mol. The average molecular weight is 341 g/mol. The van der Waals surface area contributed by atoms with Gasteiger partial charge in [-0.05, 0) is 31.0 Å². The van der Waals surface area contributed by atoms with E-state index in [9.17, 15) is 14.4 Å². The predicted octanol–water partition coefficient (Wildman–Crippen LogP) is 2.93. The average Bonchev–Trinajstić information content (AvgIpc) is 3.31. The lowest BCUT2D eigenvalue weighted by Gasteiger charge is -2.21. The van der Waals surface area contributed by atoms with Crippen LogP contribution in [0, 0.1) is 0 Å². The molecule has 0 unspecified atom stereocenters. The molecular formula is C17H15N3O3S. The molecule has 0 atom stereocenters. The van der Waals surface area contributed by atoms with Crippen molar-refractivity contribution in [3.63, 3.8) is 0 Å². The Kier molecular flexibility index (Phi) is 3.65. The molecule has 122 valence electrons. The minimum atomic E-state index is -0.340. The SMILES string of the molecule is O=C(Nc1nccs1)c1ccc2c(c1)C(=O)N(C1CCCC1)C2=O. The Morgan fingerprint density at radius 3 is 2.62 bits per heavy atom. The number of aromatic nitrogens is 1. The van der Waals surface area contributed by atoms with E-state index < -0.39 is 0 Å². The first kappa shape index (κ1) is 15.0. The highest BCUT2D eigenvalue weighted by Crippen LogP contribution is 2.32. The van der Waals surface area contributed by atoms with E-state index in [-0.39, 0.29) is 23.8 Å². The first-order valence-corrected chi connectivity index (χ1v) is 8.76. The Balaban J connectivity index is 1.61. The molecule has 2 aromatic rings. The lowest BCUT2D eigenvalue weighted by atomic mass is 10.1. The number of nitrogens with zero attached hydrogens (tertiary/aromatic N) is 2. The zero-order valence-corrected chi connectivity index (χ0v) is 13.6. The van der Waals surface area contributed by atoms with Gasteiger partial charge in [0.1, 0.15) is 0 Å². The number of imide groups is 1. The third-order valence-electron chi connectivity index (χ3n) is 4.52. The Hall–Kier alpha value is -2.54. The van der Waals surface area contributed by atoms with Gasteiger partial charge < -0.3 is 0 Å². The summed E-state index contributed by atoms with van der Waals surface area (Å²) in [5.41, 5.74) is 1.05. The number of amides is 3. The van der Waals surface area contributed by atoms with Gasteiger partial charge in [0.25, 0.3) is 17.7 Å². The standard InChI is InChI=1S/C17H15N3O3S/c21-14(19-17-18-7-8-24-17)10-5-6-12-13(9-10)16(23)20(15(12)22)11-3-1-2-4-11/h5-9,11H,1-4H2,(H,18,19,21). The fourth-order valence-electron chi connectivity index (χ4n) is 3.35. The summed E-state index contributed by atoms with van der Waals surface area (Å²) in [7, 11) is 0. The van der Waals surface area contributed by atoms with Crippen molar-refractivity contribution in [2.75, 3.05) is 5.32 Å². The van der Waals surface area contributed by atoms with Gasteiger partial charge in [-0.25, -0.2) is 4.98 Å². The van der Waals surface area contributed by atoms with Crippen molar-refractivity contribution in [2.24, 2.45) is 0 Å². The van der Waals surface area contributed by atoms with Crippen molar-refractivity contribution in [1.29, 1.82) is 0 Å². The van der Waals surface area contributed by atoms with E-state index in [4.69, 9.17) is 0 Å². The van der Waals surface area contributed by atoms with Crippen molar-refractivity contribution >= 4 is 34.2 Å². The monoisotopic (exact) mass is 341 g/mol. The van der Waals surface area contributed by atoms with Crippen LogP contribution in [0.4, 0.5) is 5.13 Å². The van der Waals surface area contributed by atoms with Gasteiger partial charge in [-0.15, -0.1) is 11.3 Å². The molecule has 3 amide bonds. The minimum absolute atomic E-state index is 0.00926. The van der Waals surface area contributed by atoms with Crippen LogP contribution in [0.1, 0.15) is 56.8 Å². The molecule has 0 spiro atoms. The van der Waals surface area contributed by atoms with Gasteiger partial charge >= 0.3 is 0 Å². The van der Waals surface area contributed by atoms with Gasteiger partial charge in [0, 0.05) is 23.2 Å². The highest BCUT2D eigenvalue weighted by Gasteiger charge is 2.41. The quantitative estimate of drug-likeness (QED) is 0.871. The van der Waals surface area contributed by atoms with Crippen LogP contribution in [-0.4, -0.2) is 33.6 Å². The number of anilines is 1. The van der Waals surface area contributed by atoms with E-state index in [0.29, 0.717) is 21.8 Å². The number of fused-ring (bicyclic) bond motifs is 1. The molecule has 4 rings (SSSR count). The molecule has 7 heteroatoms. The number of rotatable bonds is 3. The van der Waals surface area contributed by atoms with Crippen LogP contribution in [0.5, 0.6) is 0 Å². The highest BCUT2D eigenvalue weighted by molar-refractivity contribution is 7.13. The van der Waals surface area contributed by atoms with Gasteiger partial charge in [0.15, 0.2) is 5.13 Å². The molecule has 0 saturated heterocycles. The lowest BCUT2D eigenvalue weighted by Crippen LogP contribution is -2.38. The maximum absolute atomic E-state index is 12.6. The maximum Gasteiger partial charge on any atom is 0.261 e. The Bertz CT molecular complexity index is 826. The smallest absolute Gasteiger partial charge is 0.261 e. The van der Waals surface area contributed by atoms with E-state index >= 15 is 0 Å². The second kappa shape index (κ2) is 5.83. The number of carbonyl (C=O) groups is 3. The van der Waals surface area contributed by atoms with Crippen LogP contribution in [0.2, 0.25) is 0 Å². The Morgan fingerprint density at radius 1 is 1.17 bits per heavy atom.